The van der Waals surface area contributed by atoms with Crippen LogP contribution in [0.2, 0.25) is 0 Å². The number of halogens is 1. The molecule has 0 aliphatic carbocycles. The van der Waals surface area contributed by atoms with Crippen LogP contribution in [-0.2, 0) is 5.88 Å². The lowest BCUT2D eigenvalue weighted by atomic mass is 9.98. The van der Waals surface area contributed by atoms with Crippen molar-refractivity contribution in [3.05, 3.63) is 71.3 Å². The summed E-state index contributed by atoms with van der Waals surface area (Å²) in [4.78, 5) is 0. The second kappa shape index (κ2) is 5.15. The lowest BCUT2D eigenvalue weighted by molar-refractivity contribution is 0.219. The number of aliphatic hydroxyl groups excluding tert-OH is 1. The molecule has 1 nitrogen and oxygen atoms in total. The van der Waals surface area contributed by atoms with E-state index in [4.69, 9.17) is 11.6 Å². The Labute approximate surface area is 100 Å². The summed E-state index contributed by atoms with van der Waals surface area (Å²) in [5, 5.41) is 10.2. The molecule has 2 heteroatoms. The molecule has 0 saturated heterocycles. The summed E-state index contributed by atoms with van der Waals surface area (Å²) in [5.74, 6) is 0.417. The third-order valence-electron chi connectivity index (χ3n) is 2.61. The van der Waals surface area contributed by atoms with Crippen molar-refractivity contribution in [3.63, 3.8) is 0 Å². The van der Waals surface area contributed by atoms with Gasteiger partial charge in [-0.3, -0.25) is 0 Å². The molecule has 0 saturated carbocycles. The van der Waals surface area contributed by atoms with Crippen molar-refractivity contribution in [2.24, 2.45) is 0 Å². The van der Waals surface area contributed by atoms with Gasteiger partial charge in [0.15, 0.2) is 0 Å². The van der Waals surface area contributed by atoms with Crippen LogP contribution in [-0.4, -0.2) is 5.11 Å². The molecule has 1 unspecified atom stereocenters. The van der Waals surface area contributed by atoms with Gasteiger partial charge in [0, 0.05) is 5.88 Å². The van der Waals surface area contributed by atoms with Gasteiger partial charge in [-0.1, -0.05) is 54.6 Å². The molecule has 2 rings (SSSR count). The average Bonchev–Trinajstić information content (AvgIpc) is 2.39. The van der Waals surface area contributed by atoms with Crippen LogP contribution in [0.25, 0.3) is 0 Å². The summed E-state index contributed by atoms with van der Waals surface area (Å²) in [5.41, 5.74) is 2.74. The van der Waals surface area contributed by atoms with E-state index in [1.54, 1.807) is 0 Å². The first-order valence-corrected chi connectivity index (χ1v) is 5.73. The summed E-state index contributed by atoms with van der Waals surface area (Å²) < 4.78 is 0. The molecule has 2 aromatic rings. The minimum Gasteiger partial charge on any atom is -0.384 e. The maximum Gasteiger partial charge on any atom is 0.104 e. The van der Waals surface area contributed by atoms with Crippen LogP contribution in [0.5, 0.6) is 0 Å². The summed E-state index contributed by atoms with van der Waals surface area (Å²) in [6.07, 6.45) is -0.601. The molecule has 2 aromatic carbocycles. The fourth-order valence-corrected chi connectivity index (χ4v) is 1.98. The van der Waals surface area contributed by atoms with E-state index in [9.17, 15) is 5.11 Å². The summed E-state index contributed by atoms with van der Waals surface area (Å²) >= 11 is 5.85. The van der Waals surface area contributed by atoms with E-state index in [0.29, 0.717) is 5.88 Å². The van der Waals surface area contributed by atoms with Gasteiger partial charge in [-0.05, 0) is 16.7 Å². The number of alkyl halides is 1. The Balaban J connectivity index is 2.37. The standard InChI is InChI=1S/C14H13ClO/c15-10-12-8-4-5-9-13(12)14(16)11-6-2-1-3-7-11/h1-9,14,16H,10H2. The third-order valence-corrected chi connectivity index (χ3v) is 2.90. The predicted molar refractivity (Wildman–Crippen MR) is 66.5 cm³/mol. The molecule has 16 heavy (non-hydrogen) atoms. The molecular weight excluding hydrogens is 220 g/mol. The zero-order valence-electron chi connectivity index (χ0n) is 8.81. The smallest absolute Gasteiger partial charge is 0.104 e. The molecule has 1 N–H and O–H groups in total. The molecule has 0 bridgehead atoms. The minimum atomic E-state index is -0.601. The summed E-state index contributed by atoms with van der Waals surface area (Å²) in [7, 11) is 0. The second-order valence-electron chi connectivity index (χ2n) is 3.65. The number of aliphatic hydroxyl groups is 1. The topological polar surface area (TPSA) is 20.2 Å². The quantitative estimate of drug-likeness (QED) is 0.803. The Kier molecular flexibility index (Phi) is 3.60. The number of rotatable bonds is 3. The van der Waals surface area contributed by atoms with Gasteiger partial charge in [-0.15, -0.1) is 11.6 Å². The molecule has 0 aliphatic heterocycles. The highest BCUT2D eigenvalue weighted by atomic mass is 35.5. The van der Waals surface area contributed by atoms with Crippen molar-refractivity contribution in [2.75, 3.05) is 0 Å². The molecule has 0 fully saturated rings. The van der Waals surface area contributed by atoms with Crippen LogP contribution in [0, 0.1) is 0 Å². The maximum absolute atomic E-state index is 10.2. The number of hydrogen-bond donors (Lipinski definition) is 1. The zero-order valence-corrected chi connectivity index (χ0v) is 9.56. The Morgan fingerprint density at radius 3 is 2.25 bits per heavy atom. The zero-order chi connectivity index (χ0) is 11.4. The van der Waals surface area contributed by atoms with Crippen LogP contribution < -0.4 is 0 Å². The van der Waals surface area contributed by atoms with Crippen LogP contribution in [0.3, 0.4) is 0 Å². The molecule has 82 valence electrons. The van der Waals surface area contributed by atoms with Crippen LogP contribution in [0.4, 0.5) is 0 Å². The molecule has 0 aromatic heterocycles. The van der Waals surface area contributed by atoms with E-state index in [1.165, 1.54) is 0 Å². The van der Waals surface area contributed by atoms with Crippen LogP contribution >= 0.6 is 11.6 Å². The van der Waals surface area contributed by atoms with E-state index in [1.807, 2.05) is 54.6 Å². The van der Waals surface area contributed by atoms with Gasteiger partial charge in [-0.25, -0.2) is 0 Å². The Morgan fingerprint density at radius 2 is 1.56 bits per heavy atom. The SMILES string of the molecule is OC(c1ccccc1)c1ccccc1CCl. The normalized spacial score (nSPS) is 12.4. The van der Waals surface area contributed by atoms with Gasteiger partial charge >= 0.3 is 0 Å². The molecule has 0 heterocycles. The van der Waals surface area contributed by atoms with E-state index < -0.39 is 6.10 Å². The van der Waals surface area contributed by atoms with Gasteiger partial charge in [-0.2, -0.15) is 0 Å². The molecule has 0 amide bonds. The first kappa shape index (κ1) is 11.2. The fraction of sp³-hybridized carbons (Fsp3) is 0.143. The van der Waals surface area contributed by atoms with Crippen LogP contribution in [0.15, 0.2) is 54.6 Å². The highest BCUT2D eigenvalue weighted by Crippen LogP contribution is 2.25. The first-order chi connectivity index (χ1) is 7.83. The first-order valence-electron chi connectivity index (χ1n) is 5.19. The van der Waals surface area contributed by atoms with E-state index >= 15 is 0 Å². The van der Waals surface area contributed by atoms with Crippen molar-refractivity contribution in [1.29, 1.82) is 0 Å². The fourth-order valence-electron chi connectivity index (χ4n) is 1.74. The minimum absolute atomic E-state index is 0.417. The summed E-state index contributed by atoms with van der Waals surface area (Å²) in [6.45, 7) is 0. The van der Waals surface area contributed by atoms with Crippen molar-refractivity contribution >= 4 is 11.6 Å². The van der Waals surface area contributed by atoms with Crippen molar-refractivity contribution < 1.29 is 5.11 Å². The number of benzene rings is 2. The monoisotopic (exact) mass is 232 g/mol. The number of hydrogen-bond acceptors (Lipinski definition) is 1. The van der Waals surface area contributed by atoms with Gasteiger partial charge in [0.1, 0.15) is 6.10 Å². The predicted octanol–water partition coefficient (Wildman–Crippen LogP) is 3.51. The molecule has 0 aliphatic rings. The largest absolute Gasteiger partial charge is 0.384 e. The second-order valence-corrected chi connectivity index (χ2v) is 3.91. The average molecular weight is 233 g/mol. The van der Waals surface area contributed by atoms with E-state index in [0.717, 1.165) is 16.7 Å². The Hall–Kier alpha value is -1.31. The highest BCUT2D eigenvalue weighted by Gasteiger charge is 2.12. The molecule has 0 spiro atoms. The lowest BCUT2D eigenvalue weighted by Crippen LogP contribution is -2.02. The maximum atomic E-state index is 10.2. The lowest BCUT2D eigenvalue weighted by Gasteiger charge is -2.14. The van der Waals surface area contributed by atoms with E-state index in [-0.39, 0.29) is 0 Å². The molecule has 1 atom stereocenters. The third kappa shape index (κ3) is 2.26. The van der Waals surface area contributed by atoms with Gasteiger partial charge < -0.3 is 5.11 Å². The summed E-state index contributed by atoms with van der Waals surface area (Å²) in [6, 6.07) is 17.3. The highest BCUT2D eigenvalue weighted by molar-refractivity contribution is 6.17. The van der Waals surface area contributed by atoms with Gasteiger partial charge in [0.05, 0.1) is 0 Å². The van der Waals surface area contributed by atoms with Gasteiger partial charge in [0.2, 0.25) is 0 Å². The van der Waals surface area contributed by atoms with Gasteiger partial charge in [0.25, 0.3) is 0 Å². The van der Waals surface area contributed by atoms with E-state index in [2.05, 4.69) is 0 Å². The Bertz CT molecular complexity index is 453. The molecular formula is C14H13ClO. The molecule has 0 radical (unpaired) electrons. The van der Waals surface area contributed by atoms with Crippen molar-refractivity contribution in [2.45, 2.75) is 12.0 Å². The van der Waals surface area contributed by atoms with Crippen molar-refractivity contribution in [3.8, 4) is 0 Å². The Morgan fingerprint density at radius 1 is 0.938 bits per heavy atom. The van der Waals surface area contributed by atoms with Crippen molar-refractivity contribution in [1.82, 2.24) is 0 Å². The van der Waals surface area contributed by atoms with Crippen LogP contribution in [0.1, 0.15) is 22.8 Å².